The molecule has 0 heteroatoms. The van der Waals surface area contributed by atoms with Gasteiger partial charge in [-0.15, -0.1) is 0 Å². The molecule has 0 nitrogen and oxygen atoms in total. The summed E-state index contributed by atoms with van der Waals surface area (Å²) in [7, 11) is 0. The van der Waals surface area contributed by atoms with Gasteiger partial charge in [0.25, 0.3) is 0 Å². The van der Waals surface area contributed by atoms with Crippen LogP contribution in [0.15, 0.2) is 72.8 Å². The van der Waals surface area contributed by atoms with Crippen LogP contribution in [0.5, 0.6) is 0 Å². The molecule has 0 amide bonds. The quantitative estimate of drug-likeness (QED) is 0.390. The van der Waals surface area contributed by atoms with Gasteiger partial charge in [-0.1, -0.05) is 36.4 Å². The topological polar surface area (TPSA) is 0 Å². The zero-order valence-corrected chi connectivity index (χ0v) is 9.93. The van der Waals surface area contributed by atoms with Crippen LogP contribution >= 0.6 is 0 Å². The summed E-state index contributed by atoms with van der Waals surface area (Å²) < 4.78 is 0. The lowest BCUT2D eigenvalue weighted by Crippen LogP contribution is -1.73. The van der Waals surface area contributed by atoms with Crippen molar-refractivity contribution in [3.8, 4) is 0 Å². The van der Waals surface area contributed by atoms with E-state index in [-0.39, 0.29) is 0 Å². The van der Waals surface area contributed by atoms with E-state index in [0.29, 0.717) is 0 Å². The van der Waals surface area contributed by atoms with Gasteiger partial charge >= 0.3 is 0 Å². The van der Waals surface area contributed by atoms with Gasteiger partial charge < -0.3 is 0 Å². The van der Waals surface area contributed by atoms with Crippen LogP contribution in [0.3, 0.4) is 0 Å². The van der Waals surface area contributed by atoms with E-state index in [1.54, 1.807) is 0 Å². The fraction of sp³-hybridized carbons (Fsp3) is 0. The molecule has 0 atom stereocenters. The Balaban J connectivity index is 2.42. The van der Waals surface area contributed by atoms with Crippen molar-refractivity contribution in [1.29, 1.82) is 0 Å². The van der Waals surface area contributed by atoms with Crippen LogP contribution in [0.4, 0.5) is 0 Å². The van der Waals surface area contributed by atoms with Crippen molar-refractivity contribution in [3.05, 3.63) is 72.8 Å². The summed E-state index contributed by atoms with van der Waals surface area (Å²) in [5.74, 6) is 0. The Kier molecular flexibility index (Phi) is 1.92. The minimum Gasteiger partial charge on any atom is -0.0543 e. The molecule has 0 aromatic heterocycles. The standard InChI is InChI=1S/C18H12/c1-2-14-9-17-5-3-15-7-13(1)8-16(11-15)4-6-18(10-14)12-17/h1-12H. The van der Waals surface area contributed by atoms with Gasteiger partial charge in [-0.2, -0.15) is 0 Å². The first-order valence-electron chi connectivity index (χ1n) is 6.20. The third-order valence-corrected chi connectivity index (χ3v) is 3.40. The highest BCUT2D eigenvalue weighted by Gasteiger charge is 1.93. The van der Waals surface area contributed by atoms with Crippen molar-refractivity contribution in [2.24, 2.45) is 0 Å². The molecule has 0 spiro atoms. The molecular formula is C18H12. The summed E-state index contributed by atoms with van der Waals surface area (Å²) >= 11 is 0. The molecule has 0 radical (unpaired) electrons. The predicted octanol–water partition coefficient (Wildman–Crippen LogP) is 5.15. The van der Waals surface area contributed by atoms with E-state index in [1.165, 1.54) is 32.3 Å². The van der Waals surface area contributed by atoms with E-state index >= 15 is 0 Å². The number of benzene rings is 2. The Hall–Kier alpha value is -2.34. The number of hydrogen-bond donors (Lipinski definition) is 0. The summed E-state index contributed by atoms with van der Waals surface area (Å²) in [6.45, 7) is 0. The molecule has 18 heavy (non-hydrogen) atoms. The van der Waals surface area contributed by atoms with E-state index in [0.717, 1.165) is 0 Å². The molecule has 0 N–H and O–H groups in total. The zero-order valence-electron chi connectivity index (χ0n) is 9.93. The summed E-state index contributed by atoms with van der Waals surface area (Å²) in [6, 6.07) is 26.5. The molecule has 5 aromatic carbocycles. The fourth-order valence-corrected chi connectivity index (χ4v) is 2.56. The van der Waals surface area contributed by atoms with Gasteiger partial charge in [0, 0.05) is 0 Å². The molecule has 0 heterocycles. The monoisotopic (exact) mass is 228 g/mol. The van der Waals surface area contributed by atoms with Gasteiger partial charge in [0.05, 0.1) is 0 Å². The average Bonchev–Trinajstić information content (AvgIpc) is 2.39. The van der Waals surface area contributed by atoms with Gasteiger partial charge in [-0.3, -0.25) is 0 Å². The molecule has 6 bridgehead atoms. The molecule has 0 saturated carbocycles. The second-order valence-corrected chi connectivity index (χ2v) is 4.87. The van der Waals surface area contributed by atoms with Gasteiger partial charge in [-0.05, 0) is 68.7 Å². The summed E-state index contributed by atoms with van der Waals surface area (Å²) in [5, 5.41) is 7.54. The highest BCUT2D eigenvalue weighted by molar-refractivity contribution is 5.84. The molecule has 0 unspecified atom stereocenters. The van der Waals surface area contributed by atoms with Crippen LogP contribution in [-0.4, -0.2) is 0 Å². The van der Waals surface area contributed by atoms with Crippen molar-refractivity contribution < 1.29 is 0 Å². The van der Waals surface area contributed by atoms with Crippen LogP contribution in [-0.2, 0) is 0 Å². The zero-order chi connectivity index (χ0) is 11.9. The third kappa shape index (κ3) is 1.63. The van der Waals surface area contributed by atoms with E-state index < -0.39 is 0 Å². The molecule has 5 rings (SSSR count). The molecule has 0 saturated heterocycles. The van der Waals surface area contributed by atoms with Gasteiger partial charge in [-0.25, -0.2) is 0 Å². The maximum atomic E-state index is 2.22. The van der Waals surface area contributed by atoms with Crippen molar-refractivity contribution in [2.45, 2.75) is 0 Å². The lowest BCUT2D eigenvalue weighted by molar-refractivity contribution is 1.78. The second kappa shape index (κ2) is 3.58. The Morgan fingerprint density at radius 1 is 0.278 bits per heavy atom. The first kappa shape index (κ1) is 9.67. The summed E-state index contributed by atoms with van der Waals surface area (Å²) in [4.78, 5) is 0. The highest BCUT2D eigenvalue weighted by Crippen LogP contribution is 2.19. The van der Waals surface area contributed by atoms with E-state index in [9.17, 15) is 0 Å². The molecular weight excluding hydrogens is 216 g/mol. The predicted molar refractivity (Wildman–Crippen MR) is 79.0 cm³/mol. The molecule has 5 aromatic rings. The normalized spacial score (nSPS) is 11.3. The number of fused-ring (bicyclic) bond motifs is 3. The average molecular weight is 228 g/mol. The Labute approximate surface area is 105 Å². The minimum atomic E-state index is 1.26. The van der Waals surface area contributed by atoms with E-state index in [1.807, 2.05) is 0 Å². The number of rotatable bonds is 0. The van der Waals surface area contributed by atoms with Crippen molar-refractivity contribution >= 4 is 32.3 Å². The van der Waals surface area contributed by atoms with Crippen molar-refractivity contribution in [3.63, 3.8) is 0 Å². The number of hydrogen-bond acceptors (Lipinski definition) is 0. The molecule has 0 aliphatic rings. The Morgan fingerprint density at radius 3 is 0.611 bits per heavy atom. The Bertz CT molecular complexity index is 647. The second-order valence-electron chi connectivity index (χ2n) is 4.87. The van der Waals surface area contributed by atoms with Crippen molar-refractivity contribution in [2.75, 3.05) is 0 Å². The fourth-order valence-electron chi connectivity index (χ4n) is 2.56. The van der Waals surface area contributed by atoms with Gasteiger partial charge in [0.15, 0.2) is 0 Å². The molecule has 0 aliphatic carbocycles. The van der Waals surface area contributed by atoms with Gasteiger partial charge in [0.2, 0.25) is 0 Å². The highest BCUT2D eigenvalue weighted by atomic mass is 14.0. The van der Waals surface area contributed by atoms with Crippen LogP contribution in [0.25, 0.3) is 32.3 Å². The summed E-state index contributed by atoms with van der Waals surface area (Å²) in [6.07, 6.45) is 0. The van der Waals surface area contributed by atoms with Crippen molar-refractivity contribution in [1.82, 2.24) is 0 Å². The first-order valence-corrected chi connectivity index (χ1v) is 6.20. The lowest BCUT2D eigenvalue weighted by atomic mass is 10.1. The van der Waals surface area contributed by atoms with E-state index in [4.69, 9.17) is 0 Å². The maximum absolute atomic E-state index is 2.22. The summed E-state index contributed by atoms with van der Waals surface area (Å²) in [5.41, 5.74) is 0. The van der Waals surface area contributed by atoms with E-state index in [2.05, 4.69) is 72.8 Å². The van der Waals surface area contributed by atoms with Crippen LogP contribution in [0.1, 0.15) is 0 Å². The minimum absolute atomic E-state index is 1.26. The van der Waals surface area contributed by atoms with Gasteiger partial charge in [0.1, 0.15) is 0 Å². The molecule has 0 aliphatic heterocycles. The lowest BCUT2D eigenvalue weighted by Gasteiger charge is -1.99. The molecule has 84 valence electrons. The molecule has 0 fully saturated rings. The van der Waals surface area contributed by atoms with Crippen LogP contribution in [0, 0.1) is 0 Å². The SMILES string of the molecule is c1cc2cc3ccc4cc1cc(ccc(c2)c3)c4. The Morgan fingerprint density at radius 2 is 0.444 bits per heavy atom. The maximum Gasteiger partial charge on any atom is -0.0245 e. The third-order valence-electron chi connectivity index (χ3n) is 3.40. The first-order chi connectivity index (χ1) is 8.85. The van der Waals surface area contributed by atoms with Crippen LogP contribution in [0.2, 0.25) is 0 Å². The van der Waals surface area contributed by atoms with Crippen LogP contribution < -0.4 is 0 Å². The smallest absolute Gasteiger partial charge is 0.0245 e. The largest absolute Gasteiger partial charge is 0.0543 e.